The van der Waals surface area contributed by atoms with Crippen molar-refractivity contribution < 1.29 is 33.8 Å². The normalized spacial score (nSPS) is 11.6. The Kier molecular flexibility index (Phi) is 46.3. The third-order valence-electron chi connectivity index (χ3n) is 9.90. The zero-order valence-corrected chi connectivity index (χ0v) is 35.4. The highest BCUT2D eigenvalue weighted by Crippen LogP contribution is 2.15. The summed E-state index contributed by atoms with van der Waals surface area (Å²) in [6, 6.07) is 0. The van der Waals surface area contributed by atoms with Gasteiger partial charge >= 0.3 is 0 Å². The summed E-state index contributed by atoms with van der Waals surface area (Å²) in [6.45, 7) is 17.1. The zero-order chi connectivity index (χ0) is 33.2. The van der Waals surface area contributed by atoms with Gasteiger partial charge in [-0.05, 0) is 57.3 Å². The maximum absolute atomic E-state index is 2.43. The van der Waals surface area contributed by atoms with Gasteiger partial charge in [0.25, 0.3) is 0 Å². The Balaban J connectivity index is -0.000000367. The number of hydrogen-bond donors (Lipinski definition) is 0. The Morgan fingerprint density at radius 1 is 0.304 bits per heavy atom. The highest BCUT2D eigenvalue weighted by atomic mass is 35.5. The third kappa shape index (κ3) is 46.6. The van der Waals surface area contributed by atoms with Crippen molar-refractivity contribution in [1.82, 2.24) is 0 Å². The smallest absolute Gasteiger partial charge is 0.0782 e. The van der Waals surface area contributed by atoms with Crippen molar-refractivity contribution in [3.05, 3.63) is 0 Å². The van der Waals surface area contributed by atoms with Crippen molar-refractivity contribution in [1.29, 1.82) is 0 Å². The summed E-state index contributed by atoms with van der Waals surface area (Å²) >= 11 is 0. The van der Waals surface area contributed by atoms with Gasteiger partial charge in [-0.1, -0.05) is 163 Å². The van der Waals surface area contributed by atoms with Crippen molar-refractivity contribution in [2.45, 2.75) is 214 Å². The number of rotatable bonds is 33. The molecule has 0 saturated carbocycles. The summed E-state index contributed by atoms with van der Waals surface area (Å²) in [6.07, 6.45) is 40.2. The monoisotopic (exact) mass is 695 g/mol. The fourth-order valence-corrected chi connectivity index (χ4v) is 6.51. The molecule has 0 saturated heterocycles. The highest BCUT2D eigenvalue weighted by molar-refractivity contribution is 4.51. The van der Waals surface area contributed by atoms with Crippen molar-refractivity contribution in [3.8, 4) is 0 Å². The quantitative estimate of drug-likeness (QED) is 0.0487. The minimum absolute atomic E-state index is 0. The van der Waals surface area contributed by atoms with E-state index in [-0.39, 0.29) is 24.8 Å². The van der Waals surface area contributed by atoms with Crippen LogP contribution in [0.2, 0.25) is 0 Å². The number of halogens is 2. The molecular weight excluding hydrogens is 603 g/mol. The largest absolute Gasteiger partial charge is 1.00 e. The van der Waals surface area contributed by atoms with Gasteiger partial charge in [0.05, 0.1) is 54.4 Å². The van der Waals surface area contributed by atoms with Gasteiger partial charge in [-0.2, -0.15) is 0 Å². The van der Waals surface area contributed by atoms with Crippen molar-refractivity contribution >= 4 is 0 Å². The van der Waals surface area contributed by atoms with Gasteiger partial charge in [0.2, 0.25) is 0 Å². The lowest BCUT2D eigenvalue weighted by molar-refractivity contribution is -0.890. The molecule has 0 unspecified atom stereocenters. The van der Waals surface area contributed by atoms with E-state index in [1.807, 2.05) is 0 Å². The van der Waals surface area contributed by atoms with Crippen molar-refractivity contribution in [3.63, 3.8) is 0 Å². The minimum atomic E-state index is 0. The Hall–Kier alpha value is 0.500. The van der Waals surface area contributed by atoms with Crippen LogP contribution in [0.25, 0.3) is 0 Å². The van der Waals surface area contributed by atoms with E-state index < -0.39 is 0 Å². The predicted octanol–water partition coefficient (Wildman–Crippen LogP) is 7.77. The van der Waals surface area contributed by atoms with Gasteiger partial charge in [-0.3, -0.25) is 0 Å². The van der Waals surface area contributed by atoms with Crippen LogP contribution in [0.1, 0.15) is 214 Å². The predicted molar refractivity (Wildman–Crippen MR) is 205 cm³/mol. The lowest BCUT2D eigenvalue weighted by Gasteiger charge is -2.30. The summed E-state index contributed by atoms with van der Waals surface area (Å²) in [5.74, 6) is 0.884. The van der Waals surface area contributed by atoms with Gasteiger partial charge in [0.1, 0.15) is 0 Å². The van der Waals surface area contributed by atoms with Crippen LogP contribution in [0.3, 0.4) is 0 Å². The highest BCUT2D eigenvalue weighted by Gasteiger charge is 2.14. The van der Waals surface area contributed by atoms with E-state index in [9.17, 15) is 0 Å². The zero-order valence-electron chi connectivity index (χ0n) is 33.9. The molecular formula is C42H92Cl2N2. The summed E-state index contributed by atoms with van der Waals surface area (Å²) in [5.41, 5.74) is 0. The van der Waals surface area contributed by atoms with E-state index in [0.717, 1.165) is 5.92 Å². The van der Waals surface area contributed by atoms with Crippen LogP contribution < -0.4 is 24.8 Å². The molecule has 0 spiro atoms. The van der Waals surface area contributed by atoms with Crippen LogP contribution in [0.5, 0.6) is 0 Å². The van der Waals surface area contributed by atoms with Crippen LogP contribution in [0.15, 0.2) is 0 Å². The summed E-state index contributed by atoms with van der Waals surface area (Å²) in [4.78, 5) is 0. The lowest BCUT2D eigenvalue weighted by Crippen LogP contribution is -3.00. The third-order valence-corrected chi connectivity index (χ3v) is 9.90. The second kappa shape index (κ2) is 39.9. The molecule has 0 rings (SSSR count). The molecule has 0 aliphatic heterocycles. The van der Waals surface area contributed by atoms with Crippen LogP contribution in [0, 0.1) is 5.92 Å². The Morgan fingerprint density at radius 3 is 0.717 bits per heavy atom. The van der Waals surface area contributed by atoms with Gasteiger partial charge in [0.15, 0.2) is 0 Å². The van der Waals surface area contributed by atoms with E-state index in [0.29, 0.717) is 0 Å². The van der Waals surface area contributed by atoms with Crippen LogP contribution >= 0.6 is 0 Å². The second-order valence-electron chi connectivity index (χ2n) is 16.4. The first kappa shape index (κ1) is 53.3. The molecule has 0 aliphatic rings. The Morgan fingerprint density at radius 2 is 0.500 bits per heavy atom. The Bertz CT molecular complexity index is 536. The number of nitrogens with zero attached hydrogens (tertiary/aromatic N) is 2. The van der Waals surface area contributed by atoms with Gasteiger partial charge in [-0.15, -0.1) is 0 Å². The number of quaternary nitrogens is 2. The van der Waals surface area contributed by atoms with Crippen LogP contribution in [-0.2, 0) is 0 Å². The molecule has 284 valence electrons. The first-order valence-corrected chi connectivity index (χ1v) is 20.7. The molecule has 0 fully saturated rings. The summed E-state index contributed by atoms with van der Waals surface area (Å²) in [5, 5.41) is 0. The topological polar surface area (TPSA) is 0 Å². The van der Waals surface area contributed by atoms with Gasteiger partial charge in [-0.25, -0.2) is 0 Å². The van der Waals surface area contributed by atoms with E-state index in [2.05, 4.69) is 62.8 Å². The van der Waals surface area contributed by atoms with E-state index in [1.165, 1.54) is 215 Å². The average Bonchev–Trinajstić information content (AvgIpc) is 2.97. The molecule has 0 aromatic rings. The molecule has 0 radical (unpaired) electrons. The Labute approximate surface area is 307 Å². The minimum Gasteiger partial charge on any atom is -1.00 e. The molecule has 0 aliphatic carbocycles. The SMILES string of the molecule is CCCCCCCCCC[N+](C)(C)CCCCCCC(C)C.CCCCCCCCCC[N+](C)(C)CCCCCCCCC.[Cl-].[Cl-]. The first-order valence-electron chi connectivity index (χ1n) is 20.7. The average molecular weight is 696 g/mol. The number of hydrogen-bond acceptors (Lipinski definition) is 0. The lowest BCUT2D eigenvalue weighted by atomic mass is 10.0. The fourth-order valence-electron chi connectivity index (χ4n) is 6.51. The summed E-state index contributed by atoms with van der Waals surface area (Å²) in [7, 11) is 9.71. The molecule has 2 nitrogen and oxygen atoms in total. The van der Waals surface area contributed by atoms with E-state index in [1.54, 1.807) is 0 Å². The van der Waals surface area contributed by atoms with E-state index in [4.69, 9.17) is 0 Å². The maximum atomic E-state index is 2.43. The maximum Gasteiger partial charge on any atom is 0.0782 e. The molecule has 0 aromatic carbocycles. The van der Waals surface area contributed by atoms with E-state index >= 15 is 0 Å². The molecule has 0 bridgehead atoms. The van der Waals surface area contributed by atoms with Gasteiger partial charge in [0, 0.05) is 0 Å². The van der Waals surface area contributed by atoms with Crippen molar-refractivity contribution in [2.75, 3.05) is 54.4 Å². The summed E-state index contributed by atoms with van der Waals surface area (Å²) < 4.78 is 2.48. The molecule has 46 heavy (non-hydrogen) atoms. The molecule has 0 heterocycles. The molecule has 0 aromatic heterocycles. The van der Waals surface area contributed by atoms with Crippen LogP contribution in [0.4, 0.5) is 0 Å². The van der Waals surface area contributed by atoms with Crippen LogP contribution in [-0.4, -0.2) is 63.3 Å². The molecule has 0 atom stereocenters. The molecule has 0 amide bonds. The number of unbranched alkanes of at least 4 members (excludes halogenated alkanes) is 23. The standard InChI is InChI=1S/2C21H46N.2ClH/c1-6-7-8-9-10-11-13-16-19-22(4,5)20-17-14-12-15-18-21(2)3;1-5-7-9-11-13-15-17-19-21-22(3,4)20-18-16-14-12-10-8-6-2;;/h21H,6-20H2,1-5H3;5-21H2,1-4H3;2*1H/q2*+1;;/p-2. The molecule has 0 N–H and O–H groups in total. The van der Waals surface area contributed by atoms with Gasteiger partial charge < -0.3 is 33.8 Å². The second-order valence-corrected chi connectivity index (χ2v) is 16.4. The van der Waals surface area contributed by atoms with Crippen molar-refractivity contribution in [2.24, 2.45) is 5.92 Å². The molecule has 4 heteroatoms. The fraction of sp³-hybridized carbons (Fsp3) is 1.00. The first-order chi connectivity index (χ1) is 21.1.